The van der Waals surface area contributed by atoms with Crippen molar-refractivity contribution >= 4 is 28.3 Å². The number of carbonyl (C=O) groups is 1. The van der Waals surface area contributed by atoms with Crippen LogP contribution in [0.4, 0.5) is 11.5 Å². The van der Waals surface area contributed by atoms with Crippen LogP contribution >= 0.6 is 0 Å². The molecule has 0 saturated carbocycles. The first-order valence-electron chi connectivity index (χ1n) is 12.5. The Morgan fingerprint density at radius 2 is 1.95 bits per heavy atom. The number of morpholine rings is 1. The molecule has 5 N–H and O–H groups in total. The van der Waals surface area contributed by atoms with E-state index >= 15 is 0 Å². The van der Waals surface area contributed by atoms with Gasteiger partial charge >= 0.3 is 0 Å². The van der Waals surface area contributed by atoms with Gasteiger partial charge in [-0.05, 0) is 35.9 Å². The average Bonchev–Trinajstić information content (AvgIpc) is 3.63. The summed E-state index contributed by atoms with van der Waals surface area (Å²) in [6.07, 6.45) is 1.39. The number of ether oxygens (including phenoxy) is 1. The first kappa shape index (κ1) is 23.6. The predicted molar refractivity (Wildman–Crippen MR) is 141 cm³/mol. The van der Waals surface area contributed by atoms with Crippen LogP contribution in [0, 0.1) is 0 Å². The number of anilines is 2. The fourth-order valence-electron chi connectivity index (χ4n) is 4.82. The molecule has 2 aliphatic heterocycles. The number of rotatable bonds is 6. The van der Waals surface area contributed by atoms with Crippen molar-refractivity contribution in [3.05, 3.63) is 72.1 Å². The van der Waals surface area contributed by atoms with Gasteiger partial charge in [0.1, 0.15) is 11.5 Å². The van der Waals surface area contributed by atoms with Crippen molar-refractivity contribution in [2.24, 2.45) is 0 Å². The number of hydrogen-bond donors (Lipinski definition) is 5. The fraction of sp³-hybridized carbons (Fsp3) is 0.296. The summed E-state index contributed by atoms with van der Waals surface area (Å²) in [5.41, 5.74) is 10.8. The van der Waals surface area contributed by atoms with Crippen molar-refractivity contribution in [3.8, 4) is 11.4 Å². The maximum Gasteiger partial charge on any atom is 0.270 e. The van der Waals surface area contributed by atoms with Crippen LogP contribution < -0.4 is 16.2 Å². The summed E-state index contributed by atoms with van der Waals surface area (Å²) in [6.45, 7) is 3.06. The van der Waals surface area contributed by atoms with Crippen LogP contribution in [0.3, 0.4) is 0 Å². The number of H-pyrrole nitrogens is 1. The largest absolute Gasteiger partial charge is 0.394 e. The summed E-state index contributed by atoms with van der Waals surface area (Å²) in [5.74, 6) is 1.67. The summed E-state index contributed by atoms with van der Waals surface area (Å²) in [4.78, 5) is 27.1. The second kappa shape index (κ2) is 10.3. The van der Waals surface area contributed by atoms with E-state index in [1.165, 1.54) is 5.56 Å². The van der Waals surface area contributed by atoms with E-state index in [1.807, 2.05) is 30.3 Å². The van der Waals surface area contributed by atoms with Gasteiger partial charge in [0.05, 0.1) is 19.3 Å². The molecule has 10 heteroatoms. The van der Waals surface area contributed by atoms with Crippen LogP contribution in [0.25, 0.3) is 22.3 Å². The van der Waals surface area contributed by atoms with E-state index in [0.717, 1.165) is 35.2 Å². The second-order valence-corrected chi connectivity index (χ2v) is 9.38. The van der Waals surface area contributed by atoms with E-state index in [2.05, 4.69) is 50.4 Å². The number of aliphatic hydroxyl groups excluding tert-OH is 1. The number of carbonyl (C=O) groups excluding carboxylic acids is 1. The van der Waals surface area contributed by atoms with Crippen LogP contribution in [-0.4, -0.2) is 76.4 Å². The third-order valence-electron chi connectivity index (χ3n) is 6.87. The van der Waals surface area contributed by atoms with Crippen LogP contribution in [0.2, 0.25) is 0 Å². The summed E-state index contributed by atoms with van der Waals surface area (Å²) in [7, 11) is 0. The van der Waals surface area contributed by atoms with Gasteiger partial charge in [0.2, 0.25) is 0 Å². The monoisotopic (exact) mass is 499 g/mol. The van der Waals surface area contributed by atoms with Gasteiger partial charge in [-0.3, -0.25) is 15.6 Å². The minimum atomic E-state index is -0.341. The summed E-state index contributed by atoms with van der Waals surface area (Å²) >= 11 is 0. The molecule has 2 fully saturated rings. The topological polar surface area (TPSA) is 127 Å². The summed E-state index contributed by atoms with van der Waals surface area (Å²) in [5, 5.41) is 13.7. The van der Waals surface area contributed by atoms with Gasteiger partial charge in [0.15, 0.2) is 5.82 Å². The zero-order valence-corrected chi connectivity index (χ0v) is 20.3. The van der Waals surface area contributed by atoms with E-state index in [0.29, 0.717) is 43.0 Å². The minimum absolute atomic E-state index is 0.102. The number of nitrogens with one attached hydrogen (secondary N) is 4. The lowest BCUT2D eigenvalue weighted by molar-refractivity contribution is -0.0448. The first-order chi connectivity index (χ1) is 18.2. The lowest BCUT2D eigenvalue weighted by atomic mass is 10.0. The number of amides is 1. The minimum Gasteiger partial charge on any atom is -0.394 e. The number of hydrogen-bond acceptors (Lipinski definition) is 8. The van der Waals surface area contributed by atoms with Crippen LogP contribution in [0.5, 0.6) is 0 Å². The molecule has 6 rings (SSSR count). The van der Waals surface area contributed by atoms with E-state index in [9.17, 15) is 9.90 Å². The van der Waals surface area contributed by atoms with Gasteiger partial charge in [-0.2, -0.15) is 0 Å². The number of aromatic amines is 1. The molecule has 0 aliphatic carbocycles. The van der Waals surface area contributed by atoms with E-state index in [-0.39, 0.29) is 18.6 Å². The Bertz CT molecular complexity index is 1400. The van der Waals surface area contributed by atoms with Gasteiger partial charge in [-0.15, -0.1) is 0 Å². The Hall–Kier alpha value is -3.83. The molecule has 2 aliphatic rings. The zero-order valence-electron chi connectivity index (χ0n) is 20.3. The maximum absolute atomic E-state index is 13.0. The fourth-order valence-corrected chi connectivity index (χ4v) is 4.82. The zero-order chi connectivity index (χ0) is 25.2. The van der Waals surface area contributed by atoms with Gasteiger partial charge in [-0.1, -0.05) is 24.3 Å². The van der Waals surface area contributed by atoms with Gasteiger partial charge < -0.3 is 25.0 Å². The molecule has 1 amide bonds. The molecule has 2 saturated heterocycles. The Balaban J connectivity index is 1.18. The highest BCUT2D eigenvalue weighted by Gasteiger charge is 2.25. The Kier molecular flexibility index (Phi) is 6.54. The molecule has 10 nitrogen and oxygen atoms in total. The predicted octanol–water partition coefficient (Wildman–Crippen LogP) is 2.39. The third kappa shape index (κ3) is 5.05. The summed E-state index contributed by atoms with van der Waals surface area (Å²) < 4.78 is 5.46. The van der Waals surface area contributed by atoms with Crippen molar-refractivity contribution in [2.45, 2.75) is 12.0 Å². The molecule has 4 heterocycles. The van der Waals surface area contributed by atoms with Crippen molar-refractivity contribution in [3.63, 3.8) is 0 Å². The summed E-state index contributed by atoms with van der Waals surface area (Å²) in [6, 6.07) is 18.0. The van der Waals surface area contributed by atoms with E-state index in [4.69, 9.17) is 9.72 Å². The first-order valence-corrected chi connectivity index (χ1v) is 12.5. The van der Waals surface area contributed by atoms with Crippen LogP contribution in [0.15, 0.2) is 60.8 Å². The highest BCUT2D eigenvalue weighted by Crippen LogP contribution is 2.26. The van der Waals surface area contributed by atoms with Crippen LogP contribution in [0.1, 0.15) is 22.0 Å². The molecule has 2 aromatic heterocycles. The van der Waals surface area contributed by atoms with E-state index < -0.39 is 0 Å². The Morgan fingerprint density at radius 3 is 2.76 bits per heavy atom. The molecule has 4 aromatic rings. The highest BCUT2D eigenvalue weighted by atomic mass is 16.5. The molecule has 190 valence electrons. The SMILES string of the molecule is O=C(c1cc2ccc(-c3nccc(Nc4ccc(C5CNNC5)cc4)n3)cc2[nH]1)N1CCO[C@@H](CO)C1. The number of nitrogens with zero attached hydrogens (tertiary/aromatic N) is 3. The number of benzene rings is 2. The van der Waals surface area contributed by atoms with Crippen molar-refractivity contribution in [1.29, 1.82) is 0 Å². The molecule has 0 radical (unpaired) electrons. The van der Waals surface area contributed by atoms with Gasteiger partial charge in [-0.25, -0.2) is 9.97 Å². The molecule has 0 unspecified atom stereocenters. The highest BCUT2D eigenvalue weighted by molar-refractivity contribution is 5.98. The number of fused-ring (bicyclic) bond motifs is 1. The Morgan fingerprint density at radius 1 is 1.11 bits per heavy atom. The van der Waals surface area contributed by atoms with Crippen LogP contribution in [-0.2, 0) is 4.74 Å². The lowest BCUT2D eigenvalue weighted by Crippen LogP contribution is -2.47. The van der Waals surface area contributed by atoms with Gasteiger partial charge in [0, 0.05) is 60.4 Å². The van der Waals surface area contributed by atoms with E-state index in [1.54, 1.807) is 11.1 Å². The number of aliphatic hydroxyl groups is 1. The quantitative estimate of drug-likeness (QED) is 0.274. The molecule has 2 aromatic carbocycles. The molecular formula is C27H29N7O3. The second-order valence-electron chi connectivity index (χ2n) is 9.38. The Labute approximate surface area is 214 Å². The normalized spacial score (nSPS) is 18.4. The van der Waals surface area contributed by atoms with Crippen molar-refractivity contribution in [2.75, 3.05) is 44.7 Å². The molecule has 0 bridgehead atoms. The molecule has 0 spiro atoms. The van der Waals surface area contributed by atoms with Crippen molar-refractivity contribution < 1.29 is 14.6 Å². The van der Waals surface area contributed by atoms with Gasteiger partial charge in [0.25, 0.3) is 5.91 Å². The maximum atomic E-state index is 13.0. The lowest BCUT2D eigenvalue weighted by Gasteiger charge is -2.31. The number of aromatic nitrogens is 3. The van der Waals surface area contributed by atoms with Crippen molar-refractivity contribution in [1.82, 2.24) is 30.7 Å². The standard InChI is InChI=1S/C27H29N7O3/c35-16-22-15-34(9-10-37-22)27(36)24-11-18-1-2-19(12-23(18)32-24)26-28-8-7-25(33-26)31-21-5-3-17(4-6-21)20-13-29-30-14-20/h1-8,11-12,20,22,29-30,32,35H,9-10,13-16H2,(H,28,31,33)/t22-/m1/s1. The molecule has 37 heavy (non-hydrogen) atoms. The average molecular weight is 500 g/mol. The number of hydrazine groups is 1. The smallest absolute Gasteiger partial charge is 0.270 e. The molecule has 1 atom stereocenters. The molecular weight excluding hydrogens is 470 g/mol. The third-order valence-corrected chi connectivity index (χ3v) is 6.87.